The van der Waals surface area contributed by atoms with E-state index in [1.807, 2.05) is 19.1 Å². The standard InChI is InChI=1S/C22H22O5S/c1-13(2)17-11-18-15(10-21(23)27-19(18)9-14(17)3)12-26-22(24)16-7-5-6-8-20(16)28(4)25/h5-11,13H,12H2,1-4H3/t28-/m0/s1. The van der Waals surface area contributed by atoms with Gasteiger partial charge >= 0.3 is 11.6 Å². The average Bonchev–Trinajstić information content (AvgIpc) is 2.64. The fraction of sp³-hybridized carbons (Fsp3) is 0.273. The van der Waals surface area contributed by atoms with E-state index in [1.54, 1.807) is 24.3 Å². The van der Waals surface area contributed by atoms with Crippen molar-refractivity contribution in [1.82, 2.24) is 0 Å². The Kier molecular flexibility index (Phi) is 5.79. The molecule has 28 heavy (non-hydrogen) atoms. The van der Waals surface area contributed by atoms with Crippen molar-refractivity contribution in [2.45, 2.75) is 38.2 Å². The van der Waals surface area contributed by atoms with Crippen LogP contribution in [0.15, 0.2) is 56.6 Å². The normalized spacial score (nSPS) is 12.3. The van der Waals surface area contributed by atoms with Gasteiger partial charge in [-0.2, -0.15) is 0 Å². The Balaban J connectivity index is 1.96. The van der Waals surface area contributed by atoms with Crippen LogP contribution in [0.1, 0.15) is 46.8 Å². The molecule has 0 saturated carbocycles. The van der Waals surface area contributed by atoms with Crippen molar-refractivity contribution in [3.05, 3.63) is 75.1 Å². The summed E-state index contributed by atoms with van der Waals surface area (Å²) >= 11 is 0. The van der Waals surface area contributed by atoms with E-state index in [1.165, 1.54) is 12.3 Å². The number of aryl methyl sites for hydroxylation is 1. The first-order chi connectivity index (χ1) is 13.3. The highest BCUT2D eigenvalue weighted by molar-refractivity contribution is 7.84. The minimum atomic E-state index is -1.31. The lowest BCUT2D eigenvalue weighted by atomic mass is 9.95. The van der Waals surface area contributed by atoms with Crippen molar-refractivity contribution >= 4 is 27.7 Å². The number of hydrogen-bond donors (Lipinski definition) is 0. The number of fused-ring (bicyclic) bond motifs is 1. The zero-order valence-corrected chi connectivity index (χ0v) is 17.1. The average molecular weight is 398 g/mol. The predicted molar refractivity (Wildman–Crippen MR) is 109 cm³/mol. The molecule has 5 nitrogen and oxygen atoms in total. The SMILES string of the molecule is Cc1cc2oc(=O)cc(COC(=O)c3ccccc3[S@](C)=O)c2cc1C(C)C. The van der Waals surface area contributed by atoms with Gasteiger partial charge in [-0.1, -0.05) is 26.0 Å². The first-order valence-corrected chi connectivity index (χ1v) is 10.5. The molecule has 0 aliphatic carbocycles. The monoisotopic (exact) mass is 398 g/mol. The zero-order valence-electron chi connectivity index (χ0n) is 16.3. The highest BCUT2D eigenvalue weighted by Crippen LogP contribution is 2.27. The van der Waals surface area contributed by atoms with Crippen LogP contribution >= 0.6 is 0 Å². The number of rotatable bonds is 5. The second-order valence-electron chi connectivity index (χ2n) is 6.98. The van der Waals surface area contributed by atoms with Crippen LogP contribution < -0.4 is 5.63 Å². The molecule has 146 valence electrons. The van der Waals surface area contributed by atoms with Crippen LogP contribution in [0.4, 0.5) is 0 Å². The highest BCUT2D eigenvalue weighted by atomic mass is 32.2. The second kappa shape index (κ2) is 8.10. The largest absolute Gasteiger partial charge is 0.457 e. The van der Waals surface area contributed by atoms with E-state index in [0.717, 1.165) is 16.5 Å². The zero-order chi connectivity index (χ0) is 20.4. The summed E-state index contributed by atoms with van der Waals surface area (Å²) in [4.78, 5) is 24.9. The van der Waals surface area contributed by atoms with Crippen LogP contribution in [0.3, 0.4) is 0 Å². The van der Waals surface area contributed by atoms with Gasteiger partial charge in [0, 0.05) is 23.3 Å². The van der Waals surface area contributed by atoms with Crippen molar-refractivity contribution in [2.24, 2.45) is 0 Å². The predicted octanol–water partition coefficient (Wildman–Crippen LogP) is 4.32. The lowest BCUT2D eigenvalue weighted by molar-refractivity contribution is 0.0469. The first-order valence-electron chi connectivity index (χ1n) is 8.94. The molecular weight excluding hydrogens is 376 g/mol. The smallest absolute Gasteiger partial charge is 0.339 e. The minimum absolute atomic E-state index is 0.0772. The summed E-state index contributed by atoms with van der Waals surface area (Å²) in [7, 11) is -1.31. The molecule has 0 aliphatic rings. The maximum absolute atomic E-state index is 12.5. The summed E-state index contributed by atoms with van der Waals surface area (Å²) in [6.45, 7) is 6.08. The molecular formula is C22H22O5S. The molecule has 1 heterocycles. The second-order valence-corrected chi connectivity index (χ2v) is 8.32. The van der Waals surface area contributed by atoms with Crippen LogP contribution in [0, 0.1) is 6.92 Å². The van der Waals surface area contributed by atoms with Crippen LogP contribution in [0.25, 0.3) is 11.0 Å². The first kappa shape index (κ1) is 20.0. The van der Waals surface area contributed by atoms with E-state index in [2.05, 4.69) is 13.8 Å². The Morgan fingerprint density at radius 3 is 2.57 bits per heavy atom. The molecule has 0 saturated heterocycles. The molecule has 3 rings (SSSR count). The number of ether oxygens (including phenoxy) is 1. The maximum atomic E-state index is 12.5. The molecule has 0 amide bonds. The third-order valence-electron chi connectivity index (χ3n) is 4.61. The van der Waals surface area contributed by atoms with Crippen LogP contribution in [0.2, 0.25) is 0 Å². The van der Waals surface area contributed by atoms with E-state index >= 15 is 0 Å². The summed E-state index contributed by atoms with van der Waals surface area (Å²) in [5.74, 6) is -0.276. The minimum Gasteiger partial charge on any atom is -0.457 e. The van der Waals surface area contributed by atoms with Gasteiger partial charge in [0.2, 0.25) is 0 Å². The van der Waals surface area contributed by atoms with Gasteiger partial charge in [-0.05, 0) is 48.2 Å². The van der Waals surface area contributed by atoms with Gasteiger partial charge < -0.3 is 9.15 Å². The molecule has 6 heteroatoms. The van der Waals surface area contributed by atoms with Crippen LogP contribution in [0.5, 0.6) is 0 Å². The summed E-state index contributed by atoms with van der Waals surface area (Å²) < 4.78 is 22.6. The quantitative estimate of drug-likeness (QED) is 0.473. The number of carbonyl (C=O) groups is 1. The summed E-state index contributed by atoms with van der Waals surface area (Å²) in [6, 6.07) is 11.8. The third-order valence-corrected chi connectivity index (χ3v) is 5.59. The lowest BCUT2D eigenvalue weighted by Crippen LogP contribution is -2.10. The molecule has 0 unspecified atom stereocenters. The van der Waals surface area contributed by atoms with E-state index in [4.69, 9.17) is 9.15 Å². The summed E-state index contributed by atoms with van der Waals surface area (Å²) in [6.07, 6.45) is 1.51. The summed E-state index contributed by atoms with van der Waals surface area (Å²) in [5, 5.41) is 0.744. The Morgan fingerprint density at radius 2 is 1.89 bits per heavy atom. The Bertz CT molecular complexity index is 1130. The van der Waals surface area contributed by atoms with E-state index in [9.17, 15) is 13.8 Å². The molecule has 0 spiro atoms. The third kappa shape index (κ3) is 4.07. The van der Waals surface area contributed by atoms with E-state index in [0.29, 0.717) is 22.0 Å². The number of carbonyl (C=O) groups excluding carboxylic acids is 1. The van der Waals surface area contributed by atoms with E-state index in [-0.39, 0.29) is 12.2 Å². The van der Waals surface area contributed by atoms with Crippen LogP contribution in [-0.4, -0.2) is 16.4 Å². The Morgan fingerprint density at radius 1 is 1.18 bits per heavy atom. The highest BCUT2D eigenvalue weighted by Gasteiger charge is 2.17. The van der Waals surface area contributed by atoms with Crippen molar-refractivity contribution in [2.75, 3.05) is 6.26 Å². The molecule has 1 aromatic heterocycles. The van der Waals surface area contributed by atoms with Gasteiger partial charge in [0.1, 0.15) is 12.2 Å². The Hall–Kier alpha value is -2.73. The summed E-state index contributed by atoms with van der Waals surface area (Å²) in [5.41, 5.74) is 2.99. The number of hydrogen-bond acceptors (Lipinski definition) is 5. The van der Waals surface area contributed by atoms with Gasteiger partial charge in [0.05, 0.1) is 21.3 Å². The van der Waals surface area contributed by atoms with Crippen LogP contribution in [-0.2, 0) is 22.1 Å². The fourth-order valence-electron chi connectivity index (χ4n) is 3.24. The van der Waals surface area contributed by atoms with Gasteiger partial charge in [-0.3, -0.25) is 4.21 Å². The van der Waals surface area contributed by atoms with Crippen molar-refractivity contribution in [3.63, 3.8) is 0 Å². The molecule has 2 aromatic carbocycles. The topological polar surface area (TPSA) is 73.6 Å². The van der Waals surface area contributed by atoms with Crippen molar-refractivity contribution < 1.29 is 18.2 Å². The van der Waals surface area contributed by atoms with Crippen molar-refractivity contribution in [3.8, 4) is 0 Å². The molecule has 0 bridgehead atoms. The Labute approximate surface area is 165 Å². The fourth-order valence-corrected chi connectivity index (χ4v) is 3.97. The van der Waals surface area contributed by atoms with Crippen molar-refractivity contribution in [1.29, 1.82) is 0 Å². The molecule has 0 fully saturated rings. The van der Waals surface area contributed by atoms with Gasteiger partial charge in [-0.25, -0.2) is 9.59 Å². The maximum Gasteiger partial charge on any atom is 0.339 e. The molecule has 3 aromatic rings. The van der Waals surface area contributed by atoms with E-state index < -0.39 is 22.4 Å². The van der Waals surface area contributed by atoms with Gasteiger partial charge in [0.25, 0.3) is 0 Å². The molecule has 0 aliphatic heterocycles. The molecule has 1 atom stereocenters. The number of benzene rings is 2. The van der Waals surface area contributed by atoms with Gasteiger partial charge in [-0.15, -0.1) is 0 Å². The number of esters is 1. The molecule has 0 radical (unpaired) electrons. The lowest BCUT2D eigenvalue weighted by Gasteiger charge is -2.13. The van der Waals surface area contributed by atoms with Gasteiger partial charge in [0.15, 0.2) is 0 Å². The molecule has 0 N–H and O–H groups in total.